The highest BCUT2D eigenvalue weighted by Crippen LogP contribution is 2.35. The van der Waals surface area contributed by atoms with Gasteiger partial charge in [0, 0.05) is 28.0 Å². The monoisotopic (exact) mass is 486 g/mol. The number of anilines is 1. The number of hydrogen-bond acceptors (Lipinski definition) is 6. The minimum absolute atomic E-state index is 0.0929. The van der Waals surface area contributed by atoms with Gasteiger partial charge >= 0.3 is 5.97 Å². The lowest BCUT2D eigenvalue weighted by molar-refractivity contribution is 0.0525. The highest BCUT2D eigenvalue weighted by Gasteiger charge is 2.24. The van der Waals surface area contributed by atoms with Gasteiger partial charge in [-0.1, -0.05) is 29.8 Å². The van der Waals surface area contributed by atoms with Crippen LogP contribution in [-0.4, -0.2) is 31.8 Å². The summed E-state index contributed by atoms with van der Waals surface area (Å²) >= 11 is 3.53. The summed E-state index contributed by atoms with van der Waals surface area (Å²) < 4.78 is 17.1. The first-order valence-corrected chi connectivity index (χ1v) is 10.9. The molecule has 3 aromatic rings. The second-order valence-electron chi connectivity index (χ2n) is 7.32. The van der Waals surface area contributed by atoms with Gasteiger partial charge < -0.3 is 19.5 Å². The van der Waals surface area contributed by atoms with Crippen LogP contribution in [-0.2, 0) is 11.3 Å². The molecule has 0 aliphatic carbocycles. The van der Waals surface area contributed by atoms with Crippen LogP contribution in [0.3, 0.4) is 0 Å². The van der Waals surface area contributed by atoms with Gasteiger partial charge in [-0.3, -0.25) is 0 Å². The lowest BCUT2D eigenvalue weighted by Crippen LogP contribution is -2.16. The summed E-state index contributed by atoms with van der Waals surface area (Å²) in [5.41, 5.74) is 3.11. The van der Waals surface area contributed by atoms with Crippen LogP contribution in [0.15, 0.2) is 40.9 Å². The van der Waals surface area contributed by atoms with E-state index in [1.54, 1.807) is 21.1 Å². The highest BCUT2D eigenvalue weighted by atomic mass is 79.9. The molecule has 0 fully saturated rings. The maximum atomic E-state index is 13.0. The molecule has 0 saturated heterocycles. The summed E-state index contributed by atoms with van der Waals surface area (Å²) in [4.78, 5) is 17.8. The Kier molecular flexibility index (Phi) is 7.38. The van der Waals surface area contributed by atoms with Crippen molar-refractivity contribution in [3.05, 3.63) is 57.6 Å². The number of nitrogens with one attached hydrogen (secondary N) is 1. The van der Waals surface area contributed by atoms with E-state index in [9.17, 15) is 4.79 Å². The van der Waals surface area contributed by atoms with Crippen molar-refractivity contribution in [1.29, 1.82) is 0 Å². The van der Waals surface area contributed by atoms with Crippen LogP contribution >= 0.6 is 15.9 Å². The Morgan fingerprint density at radius 1 is 1.13 bits per heavy atom. The first-order chi connectivity index (χ1) is 14.9. The van der Waals surface area contributed by atoms with E-state index < -0.39 is 0 Å². The molecule has 1 aromatic heterocycles. The summed E-state index contributed by atoms with van der Waals surface area (Å²) in [7, 11) is 3.23. The average Bonchev–Trinajstić information content (AvgIpc) is 2.76. The minimum Gasteiger partial charge on any atom is -0.497 e. The summed E-state index contributed by atoms with van der Waals surface area (Å²) in [6.07, 6.45) is 0. The van der Waals surface area contributed by atoms with Crippen LogP contribution in [0.25, 0.3) is 10.9 Å². The third kappa shape index (κ3) is 4.93. The van der Waals surface area contributed by atoms with Crippen molar-refractivity contribution in [3.63, 3.8) is 0 Å². The molecule has 2 aromatic carbocycles. The van der Waals surface area contributed by atoms with Gasteiger partial charge in [-0.2, -0.15) is 0 Å². The van der Waals surface area contributed by atoms with Crippen molar-refractivity contribution in [2.45, 2.75) is 33.2 Å². The number of benzene rings is 2. The number of ether oxygens (including phenoxy) is 3. The molecule has 0 spiro atoms. The van der Waals surface area contributed by atoms with Gasteiger partial charge in [-0.05, 0) is 48.7 Å². The number of halogens is 1. The van der Waals surface area contributed by atoms with Gasteiger partial charge in [0.2, 0.25) is 0 Å². The fourth-order valence-corrected chi connectivity index (χ4v) is 3.94. The van der Waals surface area contributed by atoms with Gasteiger partial charge in [0.15, 0.2) is 0 Å². The van der Waals surface area contributed by atoms with Gasteiger partial charge in [0.05, 0.1) is 26.3 Å². The van der Waals surface area contributed by atoms with E-state index in [0.29, 0.717) is 36.0 Å². The number of esters is 1. The first-order valence-electron chi connectivity index (χ1n) is 10.1. The Bertz CT molecular complexity index is 1100. The van der Waals surface area contributed by atoms with Crippen LogP contribution < -0.4 is 14.8 Å². The molecule has 0 radical (unpaired) electrons. The molecule has 0 aliphatic rings. The van der Waals surface area contributed by atoms with E-state index in [4.69, 9.17) is 19.2 Å². The van der Waals surface area contributed by atoms with Crippen LogP contribution in [0, 0.1) is 0 Å². The third-order valence-corrected chi connectivity index (χ3v) is 5.48. The maximum Gasteiger partial charge on any atom is 0.342 e. The summed E-state index contributed by atoms with van der Waals surface area (Å²) in [6.45, 7) is 6.64. The number of aromatic nitrogens is 1. The molecule has 0 aliphatic heterocycles. The summed E-state index contributed by atoms with van der Waals surface area (Å²) in [6, 6.07) is 11.5. The second kappa shape index (κ2) is 10.0. The van der Waals surface area contributed by atoms with Gasteiger partial charge in [-0.25, -0.2) is 9.78 Å². The largest absolute Gasteiger partial charge is 0.497 e. The van der Waals surface area contributed by atoms with E-state index in [1.165, 1.54) is 0 Å². The van der Waals surface area contributed by atoms with E-state index in [-0.39, 0.29) is 11.9 Å². The number of carbonyl (C=O) groups excluding carboxylic acids is 1. The topological polar surface area (TPSA) is 69.7 Å². The predicted octanol–water partition coefficient (Wildman–Crippen LogP) is 5.93. The van der Waals surface area contributed by atoms with Crippen LogP contribution in [0.5, 0.6) is 11.5 Å². The molecule has 0 amide bonds. The number of nitrogens with zero attached hydrogens (tertiary/aromatic N) is 1. The van der Waals surface area contributed by atoms with E-state index >= 15 is 0 Å². The lowest BCUT2D eigenvalue weighted by Gasteiger charge is -2.20. The van der Waals surface area contributed by atoms with E-state index in [2.05, 4.69) is 35.1 Å². The molecular weight excluding hydrogens is 460 g/mol. The van der Waals surface area contributed by atoms with Crippen LogP contribution in [0.4, 0.5) is 5.82 Å². The Labute approximate surface area is 191 Å². The molecule has 0 atom stereocenters. The molecule has 0 unspecified atom stereocenters. The fraction of sp³-hybridized carbons (Fsp3) is 0.333. The Hall–Kier alpha value is -2.80. The van der Waals surface area contributed by atoms with Crippen LogP contribution in [0.2, 0.25) is 0 Å². The molecule has 31 heavy (non-hydrogen) atoms. The molecule has 7 heteroatoms. The van der Waals surface area contributed by atoms with Crippen LogP contribution in [0.1, 0.15) is 48.2 Å². The van der Waals surface area contributed by atoms with Gasteiger partial charge in [-0.15, -0.1) is 0 Å². The standard InChI is InChI=1S/C24H27BrN2O4/c1-6-31-24(28)22-21(14(2)3)18-11-16(25)8-10-19(18)27-23(22)26-13-15-7-9-17(29-4)12-20(15)30-5/h7-12,14H,6,13H2,1-5H3,(H,26,27). The number of rotatable bonds is 8. The molecule has 0 bridgehead atoms. The molecule has 164 valence electrons. The fourth-order valence-electron chi connectivity index (χ4n) is 3.57. The zero-order valence-corrected chi connectivity index (χ0v) is 20.0. The Morgan fingerprint density at radius 3 is 2.55 bits per heavy atom. The summed E-state index contributed by atoms with van der Waals surface area (Å²) in [5, 5.41) is 4.27. The summed E-state index contributed by atoms with van der Waals surface area (Å²) in [5.74, 6) is 1.61. The number of carbonyl (C=O) groups is 1. The minimum atomic E-state index is -0.384. The van der Waals surface area contributed by atoms with E-state index in [0.717, 1.165) is 26.5 Å². The molecule has 3 rings (SSSR count). The number of hydrogen-bond donors (Lipinski definition) is 1. The van der Waals surface area contributed by atoms with Crippen molar-refractivity contribution in [2.75, 3.05) is 26.1 Å². The van der Waals surface area contributed by atoms with Crippen molar-refractivity contribution in [3.8, 4) is 11.5 Å². The van der Waals surface area contributed by atoms with E-state index in [1.807, 2.05) is 36.4 Å². The Balaban J connectivity index is 2.11. The predicted molar refractivity (Wildman–Crippen MR) is 126 cm³/mol. The quantitative estimate of drug-likeness (QED) is 0.398. The molecule has 6 nitrogen and oxygen atoms in total. The Morgan fingerprint density at radius 2 is 1.90 bits per heavy atom. The molecular formula is C24H27BrN2O4. The maximum absolute atomic E-state index is 13.0. The third-order valence-electron chi connectivity index (χ3n) is 4.98. The first kappa shape index (κ1) is 22.9. The molecule has 0 saturated carbocycles. The highest BCUT2D eigenvalue weighted by molar-refractivity contribution is 9.10. The zero-order valence-electron chi connectivity index (χ0n) is 18.4. The SMILES string of the molecule is CCOC(=O)c1c(NCc2ccc(OC)cc2OC)nc2ccc(Br)cc2c1C(C)C. The zero-order chi connectivity index (χ0) is 22.5. The lowest BCUT2D eigenvalue weighted by atomic mass is 9.93. The van der Waals surface area contributed by atoms with Crippen molar-refractivity contribution < 1.29 is 19.0 Å². The van der Waals surface area contributed by atoms with Crippen molar-refractivity contribution in [1.82, 2.24) is 4.98 Å². The van der Waals surface area contributed by atoms with Gasteiger partial charge in [0.1, 0.15) is 22.9 Å². The van der Waals surface area contributed by atoms with Crippen molar-refractivity contribution >= 4 is 38.6 Å². The second-order valence-corrected chi connectivity index (χ2v) is 8.23. The number of fused-ring (bicyclic) bond motifs is 1. The number of methoxy groups -OCH3 is 2. The van der Waals surface area contributed by atoms with Crippen molar-refractivity contribution in [2.24, 2.45) is 0 Å². The smallest absolute Gasteiger partial charge is 0.342 e. The normalized spacial score (nSPS) is 10.9. The number of pyridine rings is 1. The average molecular weight is 487 g/mol. The molecule has 1 heterocycles. The molecule has 1 N–H and O–H groups in total. The van der Waals surface area contributed by atoms with Gasteiger partial charge in [0.25, 0.3) is 0 Å².